The number of benzene rings is 1. The molecular weight excluding hydrogens is 248 g/mol. The Balaban J connectivity index is 0.000000399. The molecule has 2 aromatic rings. The second-order valence-electron chi connectivity index (χ2n) is 3.71. The number of aryl methyl sites for hydroxylation is 1. The molecule has 6 heteroatoms. The molecule has 0 aliphatic rings. The van der Waals surface area contributed by atoms with Gasteiger partial charge in [0.05, 0.1) is 16.9 Å². The monoisotopic (exact) mass is 262 g/mol. The van der Waals surface area contributed by atoms with Crippen LogP contribution in [-0.2, 0) is 4.79 Å². The number of aldehydes is 1. The van der Waals surface area contributed by atoms with Crippen LogP contribution < -0.4 is 0 Å². The number of rotatable bonds is 2. The number of carbonyl (C=O) groups is 2. The van der Waals surface area contributed by atoms with E-state index in [0.717, 1.165) is 12.6 Å². The highest BCUT2D eigenvalue weighted by molar-refractivity contribution is 5.80. The number of carboxylic acid groups (broad SMARTS) is 1. The van der Waals surface area contributed by atoms with Gasteiger partial charge < -0.3 is 10.2 Å². The molecule has 100 valence electrons. The standard InChI is InChI=1S/C11H10N2O2.C2H4O2/c1-8-10(7-14)11(15)13(12-8)9-5-3-2-4-6-9;1-2(3)4/h2-7,15H,1H3;1H3,(H,3,4). The minimum absolute atomic E-state index is 0.117. The van der Waals surface area contributed by atoms with Crippen LogP contribution in [0.5, 0.6) is 5.88 Å². The number of hydrogen-bond acceptors (Lipinski definition) is 4. The van der Waals surface area contributed by atoms with Crippen molar-refractivity contribution in [2.75, 3.05) is 0 Å². The van der Waals surface area contributed by atoms with E-state index in [1.807, 2.05) is 18.2 Å². The van der Waals surface area contributed by atoms with E-state index in [9.17, 15) is 9.90 Å². The molecule has 0 spiro atoms. The summed E-state index contributed by atoms with van der Waals surface area (Å²) in [5.74, 6) is -0.950. The molecule has 2 rings (SSSR count). The summed E-state index contributed by atoms with van der Waals surface area (Å²) >= 11 is 0. The first-order chi connectivity index (χ1) is 8.97. The van der Waals surface area contributed by atoms with Crippen molar-refractivity contribution in [3.05, 3.63) is 41.6 Å². The van der Waals surface area contributed by atoms with Crippen LogP contribution in [0.3, 0.4) is 0 Å². The third-order valence-electron chi connectivity index (χ3n) is 2.20. The second-order valence-corrected chi connectivity index (χ2v) is 3.71. The van der Waals surface area contributed by atoms with E-state index >= 15 is 0 Å². The maximum atomic E-state index is 10.7. The Hall–Kier alpha value is -2.63. The zero-order chi connectivity index (χ0) is 14.4. The molecule has 0 saturated carbocycles. The number of carboxylic acids is 1. The zero-order valence-electron chi connectivity index (χ0n) is 10.6. The van der Waals surface area contributed by atoms with E-state index < -0.39 is 5.97 Å². The smallest absolute Gasteiger partial charge is 0.300 e. The molecule has 2 N–H and O–H groups in total. The van der Waals surface area contributed by atoms with E-state index in [4.69, 9.17) is 9.90 Å². The molecule has 0 aliphatic carbocycles. The number of para-hydroxylation sites is 1. The number of aromatic hydroxyl groups is 1. The summed E-state index contributed by atoms with van der Waals surface area (Å²) in [4.78, 5) is 19.7. The molecule has 0 saturated heterocycles. The lowest BCUT2D eigenvalue weighted by atomic mass is 10.3. The quantitative estimate of drug-likeness (QED) is 0.805. The maximum Gasteiger partial charge on any atom is 0.300 e. The van der Waals surface area contributed by atoms with Gasteiger partial charge in [-0.25, -0.2) is 4.68 Å². The fourth-order valence-electron chi connectivity index (χ4n) is 1.41. The Morgan fingerprint density at radius 1 is 1.32 bits per heavy atom. The van der Waals surface area contributed by atoms with Crippen LogP contribution in [-0.4, -0.2) is 32.2 Å². The van der Waals surface area contributed by atoms with Crippen LogP contribution >= 0.6 is 0 Å². The van der Waals surface area contributed by atoms with Crippen molar-refractivity contribution in [3.63, 3.8) is 0 Å². The Labute approximate surface area is 109 Å². The number of carbonyl (C=O) groups excluding carboxylic acids is 1. The molecule has 0 radical (unpaired) electrons. The van der Waals surface area contributed by atoms with Crippen LogP contribution in [0.2, 0.25) is 0 Å². The Morgan fingerprint density at radius 3 is 2.26 bits per heavy atom. The fourth-order valence-corrected chi connectivity index (χ4v) is 1.41. The number of nitrogens with zero attached hydrogens (tertiary/aromatic N) is 2. The van der Waals surface area contributed by atoms with Gasteiger partial charge in [0.1, 0.15) is 0 Å². The van der Waals surface area contributed by atoms with Gasteiger partial charge in [-0.2, -0.15) is 5.10 Å². The number of aliphatic carboxylic acids is 1. The molecule has 1 heterocycles. The molecule has 19 heavy (non-hydrogen) atoms. The third-order valence-corrected chi connectivity index (χ3v) is 2.20. The average Bonchev–Trinajstić information content (AvgIpc) is 2.65. The van der Waals surface area contributed by atoms with E-state index in [1.165, 1.54) is 4.68 Å². The minimum Gasteiger partial charge on any atom is -0.493 e. The van der Waals surface area contributed by atoms with Crippen LogP contribution in [0.1, 0.15) is 23.0 Å². The predicted octanol–water partition coefficient (Wildman–Crippen LogP) is 1.79. The van der Waals surface area contributed by atoms with Crippen molar-refractivity contribution in [2.24, 2.45) is 0 Å². The highest BCUT2D eigenvalue weighted by atomic mass is 16.4. The summed E-state index contributed by atoms with van der Waals surface area (Å²) in [6.07, 6.45) is 0.608. The highest BCUT2D eigenvalue weighted by Gasteiger charge is 2.13. The zero-order valence-corrected chi connectivity index (χ0v) is 10.6. The number of aromatic nitrogens is 2. The first kappa shape index (κ1) is 14.4. The maximum absolute atomic E-state index is 10.7. The minimum atomic E-state index is -0.833. The molecule has 6 nitrogen and oxygen atoms in total. The van der Waals surface area contributed by atoms with E-state index in [2.05, 4.69) is 5.10 Å². The van der Waals surface area contributed by atoms with Crippen molar-refractivity contribution >= 4 is 12.3 Å². The first-order valence-corrected chi connectivity index (χ1v) is 5.46. The van der Waals surface area contributed by atoms with Crippen molar-refractivity contribution in [1.29, 1.82) is 0 Å². The van der Waals surface area contributed by atoms with Crippen molar-refractivity contribution in [1.82, 2.24) is 9.78 Å². The summed E-state index contributed by atoms with van der Waals surface area (Å²) < 4.78 is 1.35. The SMILES string of the molecule is CC(=O)O.Cc1nn(-c2ccccc2)c(O)c1C=O. The molecule has 1 aromatic heterocycles. The number of hydrogen-bond donors (Lipinski definition) is 2. The predicted molar refractivity (Wildman–Crippen MR) is 68.7 cm³/mol. The van der Waals surface area contributed by atoms with Gasteiger partial charge in [0.25, 0.3) is 5.97 Å². The summed E-state index contributed by atoms with van der Waals surface area (Å²) in [7, 11) is 0. The topological polar surface area (TPSA) is 92.4 Å². The lowest BCUT2D eigenvalue weighted by molar-refractivity contribution is -0.134. The molecule has 0 atom stereocenters. The molecule has 0 fully saturated rings. The van der Waals surface area contributed by atoms with Crippen molar-refractivity contribution in [3.8, 4) is 11.6 Å². The molecule has 1 aromatic carbocycles. The molecular formula is C13H14N2O4. The molecule has 0 amide bonds. The van der Waals surface area contributed by atoms with Gasteiger partial charge in [-0.05, 0) is 19.1 Å². The highest BCUT2D eigenvalue weighted by Crippen LogP contribution is 2.22. The van der Waals surface area contributed by atoms with Gasteiger partial charge >= 0.3 is 0 Å². The van der Waals surface area contributed by atoms with Gasteiger partial charge in [0.2, 0.25) is 5.88 Å². The summed E-state index contributed by atoms with van der Waals surface area (Å²) in [5.41, 5.74) is 1.48. The van der Waals surface area contributed by atoms with Crippen LogP contribution in [0.4, 0.5) is 0 Å². The van der Waals surface area contributed by atoms with Gasteiger partial charge in [0, 0.05) is 6.92 Å². The lowest BCUT2D eigenvalue weighted by Crippen LogP contribution is -1.95. The summed E-state index contributed by atoms with van der Waals surface area (Å²) in [5, 5.41) is 21.2. The largest absolute Gasteiger partial charge is 0.493 e. The van der Waals surface area contributed by atoms with Crippen molar-refractivity contribution < 1.29 is 19.8 Å². The molecule has 0 bridgehead atoms. The summed E-state index contributed by atoms with van der Waals surface area (Å²) in [6, 6.07) is 9.16. The third kappa shape index (κ3) is 3.67. The van der Waals surface area contributed by atoms with E-state index in [1.54, 1.807) is 19.1 Å². The Kier molecular flexibility index (Phi) is 4.82. The van der Waals surface area contributed by atoms with Crippen LogP contribution in [0.15, 0.2) is 30.3 Å². The van der Waals surface area contributed by atoms with Crippen LogP contribution in [0, 0.1) is 6.92 Å². The van der Waals surface area contributed by atoms with Gasteiger partial charge in [-0.3, -0.25) is 9.59 Å². The molecule has 0 aliphatic heterocycles. The first-order valence-electron chi connectivity index (χ1n) is 5.46. The normalized spacial score (nSPS) is 9.37. The molecule has 0 unspecified atom stereocenters. The second kappa shape index (κ2) is 6.34. The van der Waals surface area contributed by atoms with Crippen molar-refractivity contribution in [2.45, 2.75) is 13.8 Å². The Morgan fingerprint density at radius 2 is 1.84 bits per heavy atom. The van der Waals surface area contributed by atoms with E-state index in [0.29, 0.717) is 12.0 Å². The van der Waals surface area contributed by atoms with E-state index in [-0.39, 0.29) is 11.4 Å². The lowest BCUT2D eigenvalue weighted by Gasteiger charge is -2.01. The van der Waals surface area contributed by atoms with Crippen LogP contribution in [0.25, 0.3) is 5.69 Å². The fraction of sp³-hybridized carbons (Fsp3) is 0.154. The Bertz CT molecular complexity index is 572. The van der Waals surface area contributed by atoms with Gasteiger partial charge in [-0.15, -0.1) is 0 Å². The van der Waals surface area contributed by atoms with Gasteiger partial charge in [0.15, 0.2) is 6.29 Å². The van der Waals surface area contributed by atoms with Gasteiger partial charge in [-0.1, -0.05) is 18.2 Å². The summed E-state index contributed by atoms with van der Waals surface area (Å²) in [6.45, 7) is 2.77. The average molecular weight is 262 g/mol.